The number of hydrogen-bond donors (Lipinski definition) is 4. The fourth-order valence-electron chi connectivity index (χ4n) is 4.17. The molecule has 12 nitrogen and oxygen atoms in total. The van der Waals surface area contributed by atoms with Crippen molar-refractivity contribution < 1.29 is 37.2 Å². The maximum Gasteiger partial charge on any atom is 0.320 e. The lowest BCUT2D eigenvalue weighted by atomic mass is 10.0. The summed E-state index contributed by atoms with van der Waals surface area (Å²) in [6.07, 6.45) is 1.60. The van der Waals surface area contributed by atoms with E-state index in [4.69, 9.17) is 43.4 Å². The zero-order valence-electron chi connectivity index (χ0n) is 23.7. The minimum atomic E-state index is -4.53. The molecule has 230 valence electrons. The van der Waals surface area contributed by atoms with Crippen LogP contribution < -0.4 is 26.8 Å². The van der Waals surface area contributed by atoms with Crippen LogP contribution in [0.3, 0.4) is 0 Å². The molecule has 3 rings (SSSR count). The first kappa shape index (κ1) is 35.0. The van der Waals surface area contributed by atoms with Gasteiger partial charge in [-0.1, -0.05) is 66.7 Å². The molecule has 7 N–H and O–H groups in total. The largest absolute Gasteiger partial charge is 0.755 e. The quantitative estimate of drug-likeness (QED) is 0.0486. The number of nitrogens with zero attached hydrogens (tertiary/aromatic N) is 2. The number of ether oxygens (including phenoxy) is 1. The standard InChI is InChI=1S/C22H25ClNO5P.C6H14N4O2/c1-24(2,17-28-30(25,26)29-23)21(19-10-4-3-5-11-19)15-16-27-22-14-8-12-18-9-6-7-13-20(18)22;7-4(5(11)12)2-1-3-10-6(8)9/h3-14,21H,15-17H2,1-2H3;4H,1-3,7H2,(H,11,12)(H4,8,9,10)/t21-;4-/m00/s1. The van der Waals surface area contributed by atoms with Gasteiger partial charge in [0.25, 0.3) is 7.82 Å². The number of carbonyl (C=O) groups is 1. The Morgan fingerprint density at radius 2 is 1.69 bits per heavy atom. The minimum Gasteiger partial charge on any atom is -0.755 e. The van der Waals surface area contributed by atoms with Crippen LogP contribution in [0.5, 0.6) is 5.75 Å². The number of phosphoric ester groups is 1. The number of guanidine groups is 1. The van der Waals surface area contributed by atoms with E-state index >= 15 is 0 Å². The first-order valence-corrected chi connectivity index (χ1v) is 14.9. The van der Waals surface area contributed by atoms with Crippen LogP contribution in [0.2, 0.25) is 0 Å². The van der Waals surface area contributed by atoms with Crippen LogP contribution >= 0.6 is 19.7 Å². The SMILES string of the molecule is C[N+](C)(COP(=O)([O-])OCl)[C@@H](CCOc1cccc2ccccc12)c1ccccc1.NC(N)=NCCC[C@H](N)C(=O)O. The average molecular weight is 624 g/mol. The van der Waals surface area contributed by atoms with Gasteiger partial charge in [0.05, 0.1) is 32.6 Å². The molecule has 0 aliphatic rings. The molecule has 1 unspecified atom stereocenters. The summed E-state index contributed by atoms with van der Waals surface area (Å²) in [7, 11) is -0.748. The lowest BCUT2D eigenvalue weighted by molar-refractivity contribution is -0.936. The lowest BCUT2D eigenvalue weighted by Crippen LogP contribution is -2.45. The summed E-state index contributed by atoms with van der Waals surface area (Å²) in [4.78, 5) is 25.4. The van der Waals surface area contributed by atoms with Gasteiger partial charge in [0, 0.05) is 23.9 Å². The highest BCUT2D eigenvalue weighted by molar-refractivity contribution is 7.46. The summed E-state index contributed by atoms with van der Waals surface area (Å²) in [6.45, 7) is 0.751. The maximum absolute atomic E-state index is 11.5. The van der Waals surface area contributed by atoms with Crippen LogP contribution in [-0.2, 0) is 18.0 Å². The molecular weight excluding hydrogens is 585 g/mol. The van der Waals surface area contributed by atoms with Gasteiger partial charge in [-0.3, -0.25) is 23.4 Å². The van der Waals surface area contributed by atoms with Gasteiger partial charge in [-0.05, 0) is 24.3 Å². The van der Waals surface area contributed by atoms with Gasteiger partial charge < -0.3 is 31.9 Å². The third-order valence-electron chi connectivity index (χ3n) is 6.34. The fraction of sp³-hybridized carbons (Fsp3) is 0.357. The number of phosphoric acid groups is 1. The van der Waals surface area contributed by atoms with Gasteiger partial charge in [-0.15, -0.1) is 0 Å². The highest BCUT2D eigenvalue weighted by Crippen LogP contribution is 2.41. The van der Waals surface area contributed by atoms with Crippen molar-refractivity contribution in [2.24, 2.45) is 22.2 Å². The Morgan fingerprint density at radius 3 is 2.33 bits per heavy atom. The lowest BCUT2D eigenvalue weighted by Gasteiger charge is -2.38. The second-order valence-corrected chi connectivity index (χ2v) is 11.7. The van der Waals surface area contributed by atoms with E-state index < -0.39 is 19.8 Å². The van der Waals surface area contributed by atoms with Gasteiger partial charge in [0.1, 0.15) is 17.8 Å². The molecule has 42 heavy (non-hydrogen) atoms. The van der Waals surface area contributed by atoms with Crippen LogP contribution in [-0.4, -0.2) is 61.5 Å². The smallest absolute Gasteiger partial charge is 0.320 e. The van der Waals surface area contributed by atoms with E-state index in [0.29, 0.717) is 32.4 Å². The van der Waals surface area contributed by atoms with Gasteiger partial charge in [0.2, 0.25) is 0 Å². The second-order valence-electron chi connectivity index (χ2n) is 9.99. The van der Waals surface area contributed by atoms with Crippen LogP contribution in [0.4, 0.5) is 0 Å². The molecule has 14 heteroatoms. The van der Waals surface area contributed by atoms with Crippen LogP contribution in [0.25, 0.3) is 10.8 Å². The molecule has 0 radical (unpaired) electrons. The summed E-state index contributed by atoms with van der Waals surface area (Å²) >= 11 is 4.99. The van der Waals surface area contributed by atoms with E-state index in [-0.39, 0.29) is 23.2 Å². The molecule has 0 bridgehead atoms. The number of aliphatic imine (C=N–C) groups is 1. The molecule has 0 aliphatic carbocycles. The van der Waals surface area contributed by atoms with E-state index in [1.165, 1.54) is 0 Å². The van der Waals surface area contributed by atoms with Crippen molar-refractivity contribution in [1.82, 2.24) is 0 Å². The fourth-order valence-corrected chi connectivity index (χ4v) is 4.77. The monoisotopic (exact) mass is 623 g/mol. The number of carboxylic acid groups (broad SMARTS) is 1. The molecule has 0 saturated carbocycles. The number of fused-ring (bicyclic) bond motifs is 1. The Morgan fingerprint density at radius 1 is 1.05 bits per heavy atom. The molecule has 3 aromatic carbocycles. The molecular formula is C28H39ClN5O7P. The number of quaternary nitrogens is 1. The van der Waals surface area contributed by atoms with Gasteiger partial charge >= 0.3 is 5.97 Å². The Kier molecular flexibility index (Phi) is 14.2. The number of aliphatic carboxylic acids is 1. The summed E-state index contributed by atoms with van der Waals surface area (Å²) in [6, 6.07) is 23.0. The van der Waals surface area contributed by atoms with E-state index in [2.05, 4.69) is 9.07 Å². The van der Waals surface area contributed by atoms with E-state index in [1.807, 2.05) is 86.9 Å². The Hall–Kier alpha value is -3.22. The Balaban J connectivity index is 0.000000435. The van der Waals surface area contributed by atoms with E-state index in [9.17, 15) is 14.3 Å². The van der Waals surface area contributed by atoms with Crippen LogP contribution in [0, 0.1) is 0 Å². The number of carboxylic acids is 1. The number of benzene rings is 3. The van der Waals surface area contributed by atoms with Crippen molar-refractivity contribution in [3.8, 4) is 5.75 Å². The maximum atomic E-state index is 11.5. The molecule has 3 aromatic rings. The first-order chi connectivity index (χ1) is 19.9. The normalized spacial score (nSPS) is 14.1. The summed E-state index contributed by atoms with van der Waals surface area (Å²) < 4.78 is 26.8. The summed E-state index contributed by atoms with van der Waals surface area (Å²) in [5, 5.41) is 10.6. The Bertz CT molecular complexity index is 1340. The van der Waals surface area contributed by atoms with Crippen LogP contribution in [0.1, 0.15) is 30.9 Å². The number of halogens is 1. The van der Waals surface area contributed by atoms with E-state index in [0.717, 1.165) is 22.1 Å². The summed E-state index contributed by atoms with van der Waals surface area (Å²) in [5.41, 5.74) is 16.4. The van der Waals surface area contributed by atoms with E-state index in [1.54, 1.807) is 0 Å². The van der Waals surface area contributed by atoms with Crippen molar-refractivity contribution in [1.29, 1.82) is 0 Å². The zero-order valence-corrected chi connectivity index (χ0v) is 25.3. The topological polar surface area (TPSA) is 196 Å². The number of rotatable bonds is 15. The third-order valence-corrected chi connectivity index (χ3v) is 7.45. The predicted molar refractivity (Wildman–Crippen MR) is 161 cm³/mol. The first-order valence-electron chi connectivity index (χ1n) is 13.1. The van der Waals surface area contributed by atoms with Gasteiger partial charge in [0.15, 0.2) is 12.7 Å². The number of nitrogens with two attached hydrogens (primary N) is 3. The number of hydrogen-bond acceptors (Lipinski definition) is 8. The Labute approximate surface area is 251 Å². The highest BCUT2D eigenvalue weighted by Gasteiger charge is 2.31. The zero-order chi connectivity index (χ0) is 31.2. The van der Waals surface area contributed by atoms with Gasteiger partial charge in [-0.25, -0.2) is 4.08 Å². The van der Waals surface area contributed by atoms with Gasteiger partial charge in [-0.2, -0.15) is 0 Å². The molecule has 0 aliphatic heterocycles. The minimum absolute atomic E-state index is 0.0129. The highest BCUT2D eigenvalue weighted by atomic mass is 35.5. The molecule has 0 fully saturated rings. The van der Waals surface area contributed by atoms with Crippen molar-refractivity contribution in [3.63, 3.8) is 0 Å². The predicted octanol–water partition coefficient (Wildman–Crippen LogP) is 3.49. The van der Waals surface area contributed by atoms with Crippen molar-refractivity contribution in [2.75, 3.05) is 34.0 Å². The van der Waals surface area contributed by atoms with Crippen molar-refractivity contribution >= 4 is 42.4 Å². The summed E-state index contributed by atoms with van der Waals surface area (Å²) in [5.74, 6) is -0.167. The van der Waals surface area contributed by atoms with Crippen LogP contribution in [0.15, 0.2) is 77.8 Å². The van der Waals surface area contributed by atoms with Crippen molar-refractivity contribution in [2.45, 2.75) is 31.3 Å². The molecule has 0 heterocycles. The molecule has 3 atom stereocenters. The average Bonchev–Trinajstić information content (AvgIpc) is 2.97. The second kappa shape index (κ2) is 17.0. The molecule has 0 saturated heterocycles. The van der Waals surface area contributed by atoms with Crippen molar-refractivity contribution in [3.05, 3.63) is 78.4 Å². The molecule has 0 spiro atoms. The molecule has 0 aromatic heterocycles. The third kappa shape index (κ3) is 11.9. The molecule has 0 amide bonds.